The molecule has 1 aliphatic rings. The molecular weight excluding hydrogens is 479 g/mol. The van der Waals surface area contributed by atoms with Gasteiger partial charge in [0, 0.05) is 30.8 Å². The molecule has 1 aliphatic heterocycles. The summed E-state index contributed by atoms with van der Waals surface area (Å²) in [6.07, 6.45) is 6.47. The highest BCUT2D eigenvalue weighted by Crippen LogP contribution is 2.25. The van der Waals surface area contributed by atoms with E-state index >= 15 is 0 Å². The Labute approximate surface area is 193 Å². The second-order valence-electron chi connectivity index (χ2n) is 7.39. The molecule has 166 valence electrons. The standard InChI is InChI=1S/C22H38N4O2.HI/c1-5-23-22(24-13-7-9-15-26-14-8-6-10-18(26)2)25-17-19-11-12-20(27-3)16-21(19)28-4;/h11-12,16,18H,5-10,13-15,17H2,1-4H3,(H2,23,24,25);1H. The number of aliphatic imine (C=N–C) groups is 1. The molecule has 7 heteroatoms. The Morgan fingerprint density at radius 2 is 2.00 bits per heavy atom. The van der Waals surface area contributed by atoms with Crippen molar-refractivity contribution in [2.75, 3.05) is 40.4 Å². The van der Waals surface area contributed by atoms with Crippen LogP contribution in [0.1, 0.15) is 51.5 Å². The van der Waals surface area contributed by atoms with Gasteiger partial charge in [0.25, 0.3) is 0 Å². The lowest BCUT2D eigenvalue weighted by atomic mass is 10.0. The minimum atomic E-state index is 0. The Bertz CT molecular complexity index is 612. The molecule has 2 rings (SSSR count). The molecule has 0 radical (unpaired) electrons. The van der Waals surface area contributed by atoms with E-state index in [-0.39, 0.29) is 24.0 Å². The summed E-state index contributed by atoms with van der Waals surface area (Å²) in [5, 5.41) is 6.78. The Kier molecular flexibility index (Phi) is 13.1. The van der Waals surface area contributed by atoms with Gasteiger partial charge in [0.15, 0.2) is 5.96 Å². The molecule has 0 amide bonds. The van der Waals surface area contributed by atoms with E-state index < -0.39 is 0 Å². The zero-order valence-electron chi connectivity index (χ0n) is 18.5. The topological polar surface area (TPSA) is 58.1 Å². The second-order valence-corrected chi connectivity index (χ2v) is 7.39. The maximum absolute atomic E-state index is 5.46. The number of halogens is 1. The van der Waals surface area contributed by atoms with Gasteiger partial charge in [-0.2, -0.15) is 0 Å². The van der Waals surface area contributed by atoms with Crippen molar-refractivity contribution in [3.8, 4) is 11.5 Å². The number of ether oxygens (including phenoxy) is 2. The van der Waals surface area contributed by atoms with Crippen molar-refractivity contribution >= 4 is 29.9 Å². The van der Waals surface area contributed by atoms with Crippen LogP contribution < -0.4 is 20.1 Å². The number of piperidine rings is 1. The number of methoxy groups -OCH3 is 2. The number of likely N-dealkylation sites (tertiary alicyclic amines) is 1. The van der Waals surface area contributed by atoms with E-state index in [0.717, 1.165) is 48.6 Å². The Hall–Kier alpha value is -1.22. The van der Waals surface area contributed by atoms with Gasteiger partial charge >= 0.3 is 0 Å². The average Bonchev–Trinajstić information content (AvgIpc) is 2.72. The molecule has 6 nitrogen and oxygen atoms in total. The lowest BCUT2D eigenvalue weighted by Gasteiger charge is -2.33. The molecule has 0 saturated carbocycles. The van der Waals surface area contributed by atoms with E-state index in [1.54, 1.807) is 14.2 Å². The highest BCUT2D eigenvalue weighted by molar-refractivity contribution is 14.0. The molecule has 0 spiro atoms. The summed E-state index contributed by atoms with van der Waals surface area (Å²) < 4.78 is 10.7. The molecule has 1 aromatic rings. The predicted octanol–water partition coefficient (Wildman–Crippen LogP) is 4.03. The van der Waals surface area contributed by atoms with Crippen LogP contribution in [-0.2, 0) is 6.54 Å². The third-order valence-electron chi connectivity index (χ3n) is 5.35. The van der Waals surface area contributed by atoms with Gasteiger partial charge in [0.2, 0.25) is 0 Å². The Balaban J connectivity index is 0.00000420. The summed E-state index contributed by atoms with van der Waals surface area (Å²) in [6.45, 7) is 9.27. The SMILES string of the molecule is CCNC(=NCc1ccc(OC)cc1OC)NCCCCN1CCCCC1C.I. The van der Waals surface area contributed by atoms with Crippen LogP contribution in [-0.4, -0.2) is 57.3 Å². The zero-order chi connectivity index (χ0) is 20.2. The lowest BCUT2D eigenvalue weighted by Crippen LogP contribution is -2.39. The number of guanidine groups is 1. The van der Waals surface area contributed by atoms with Gasteiger partial charge in [-0.15, -0.1) is 24.0 Å². The first kappa shape index (κ1) is 25.8. The average molecular weight is 518 g/mol. The summed E-state index contributed by atoms with van der Waals surface area (Å²) in [4.78, 5) is 7.35. The molecule has 0 bridgehead atoms. The van der Waals surface area contributed by atoms with E-state index in [2.05, 4.69) is 29.4 Å². The summed E-state index contributed by atoms with van der Waals surface area (Å²) in [6, 6.07) is 6.59. The smallest absolute Gasteiger partial charge is 0.191 e. The Morgan fingerprint density at radius 3 is 2.69 bits per heavy atom. The van der Waals surface area contributed by atoms with Crippen molar-refractivity contribution < 1.29 is 9.47 Å². The van der Waals surface area contributed by atoms with Crippen molar-refractivity contribution in [1.29, 1.82) is 0 Å². The fraction of sp³-hybridized carbons (Fsp3) is 0.682. The molecule has 1 unspecified atom stereocenters. The van der Waals surface area contributed by atoms with Crippen LogP contribution in [0.3, 0.4) is 0 Å². The fourth-order valence-electron chi connectivity index (χ4n) is 3.62. The highest BCUT2D eigenvalue weighted by Gasteiger charge is 2.16. The summed E-state index contributed by atoms with van der Waals surface area (Å²) in [7, 11) is 3.33. The molecule has 1 saturated heterocycles. The third kappa shape index (κ3) is 8.99. The van der Waals surface area contributed by atoms with E-state index in [4.69, 9.17) is 14.5 Å². The molecule has 1 heterocycles. The number of rotatable bonds is 10. The van der Waals surface area contributed by atoms with E-state index in [0.29, 0.717) is 6.54 Å². The molecule has 1 fully saturated rings. The van der Waals surface area contributed by atoms with E-state index in [9.17, 15) is 0 Å². The Morgan fingerprint density at radius 1 is 1.17 bits per heavy atom. The van der Waals surface area contributed by atoms with Gasteiger partial charge < -0.3 is 25.0 Å². The van der Waals surface area contributed by atoms with Crippen LogP contribution in [0.15, 0.2) is 23.2 Å². The van der Waals surface area contributed by atoms with Crippen LogP contribution in [0.4, 0.5) is 0 Å². The second kappa shape index (κ2) is 14.7. The van der Waals surface area contributed by atoms with Crippen molar-refractivity contribution in [3.05, 3.63) is 23.8 Å². The number of hydrogen-bond donors (Lipinski definition) is 2. The third-order valence-corrected chi connectivity index (χ3v) is 5.35. The molecule has 0 aliphatic carbocycles. The number of nitrogens with one attached hydrogen (secondary N) is 2. The van der Waals surface area contributed by atoms with E-state index in [1.165, 1.54) is 38.8 Å². The number of nitrogens with zero attached hydrogens (tertiary/aromatic N) is 2. The fourth-order valence-corrected chi connectivity index (χ4v) is 3.62. The zero-order valence-corrected chi connectivity index (χ0v) is 20.8. The maximum atomic E-state index is 5.46. The quantitative estimate of drug-likeness (QED) is 0.212. The minimum Gasteiger partial charge on any atom is -0.497 e. The van der Waals surface area contributed by atoms with Crippen LogP contribution >= 0.6 is 24.0 Å². The normalized spacial score (nSPS) is 17.4. The molecule has 1 atom stereocenters. The van der Waals surface area contributed by atoms with Gasteiger partial charge in [0.1, 0.15) is 11.5 Å². The van der Waals surface area contributed by atoms with Gasteiger partial charge in [-0.25, -0.2) is 4.99 Å². The number of hydrogen-bond acceptors (Lipinski definition) is 4. The van der Waals surface area contributed by atoms with Crippen molar-refractivity contribution in [2.24, 2.45) is 4.99 Å². The maximum Gasteiger partial charge on any atom is 0.191 e. The first-order chi connectivity index (χ1) is 13.7. The van der Waals surface area contributed by atoms with Crippen LogP contribution in [0.5, 0.6) is 11.5 Å². The molecule has 0 aromatic heterocycles. The minimum absolute atomic E-state index is 0. The van der Waals surface area contributed by atoms with Gasteiger partial charge in [-0.3, -0.25) is 0 Å². The van der Waals surface area contributed by atoms with Gasteiger partial charge in [-0.1, -0.05) is 6.42 Å². The first-order valence-corrected chi connectivity index (χ1v) is 10.6. The van der Waals surface area contributed by atoms with Crippen molar-refractivity contribution in [1.82, 2.24) is 15.5 Å². The molecule has 1 aromatic carbocycles. The van der Waals surface area contributed by atoms with Crippen molar-refractivity contribution in [3.63, 3.8) is 0 Å². The van der Waals surface area contributed by atoms with Gasteiger partial charge in [0.05, 0.1) is 20.8 Å². The van der Waals surface area contributed by atoms with Crippen LogP contribution in [0.25, 0.3) is 0 Å². The molecule has 29 heavy (non-hydrogen) atoms. The van der Waals surface area contributed by atoms with Gasteiger partial charge in [-0.05, 0) is 64.8 Å². The molecular formula is C22H39IN4O2. The van der Waals surface area contributed by atoms with E-state index in [1.807, 2.05) is 18.2 Å². The number of unbranched alkanes of at least 4 members (excludes halogenated alkanes) is 1. The van der Waals surface area contributed by atoms with Crippen LogP contribution in [0, 0.1) is 0 Å². The lowest BCUT2D eigenvalue weighted by molar-refractivity contribution is 0.158. The summed E-state index contributed by atoms with van der Waals surface area (Å²) >= 11 is 0. The van der Waals surface area contributed by atoms with Crippen LogP contribution in [0.2, 0.25) is 0 Å². The monoisotopic (exact) mass is 518 g/mol. The highest BCUT2D eigenvalue weighted by atomic mass is 127. The number of benzene rings is 1. The molecule has 2 N–H and O–H groups in total. The van der Waals surface area contributed by atoms with Crippen molar-refractivity contribution in [2.45, 2.75) is 58.5 Å². The summed E-state index contributed by atoms with van der Waals surface area (Å²) in [5.41, 5.74) is 1.04. The largest absolute Gasteiger partial charge is 0.497 e. The predicted molar refractivity (Wildman–Crippen MR) is 132 cm³/mol. The first-order valence-electron chi connectivity index (χ1n) is 10.6. The summed E-state index contributed by atoms with van der Waals surface area (Å²) in [5.74, 6) is 2.44.